The van der Waals surface area contributed by atoms with E-state index in [1.54, 1.807) is 12.3 Å². The summed E-state index contributed by atoms with van der Waals surface area (Å²) in [6.07, 6.45) is 4.44. The van der Waals surface area contributed by atoms with E-state index in [-0.39, 0.29) is 0 Å². The van der Waals surface area contributed by atoms with Crippen molar-refractivity contribution in [2.45, 2.75) is 6.42 Å². The molecule has 1 aromatic heterocycles. The zero-order valence-corrected chi connectivity index (χ0v) is 6.30. The van der Waals surface area contributed by atoms with E-state index < -0.39 is 0 Å². The first kappa shape index (κ1) is 7.29. The summed E-state index contributed by atoms with van der Waals surface area (Å²) in [5, 5.41) is 0.535. The molecule has 0 aliphatic heterocycles. The number of pyridine rings is 1. The van der Waals surface area contributed by atoms with Crippen molar-refractivity contribution < 1.29 is 0 Å². The Hall–Kier alpha value is -0.820. The van der Waals surface area contributed by atoms with Gasteiger partial charge in [0, 0.05) is 6.20 Å². The molecular weight excluding hydrogens is 146 g/mol. The molecule has 0 aliphatic carbocycles. The van der Waals surface area contributed by atoms with Gasteiger partial charge >= 0.3 is 0 Å². The Kier molecular flexibility index (Phi) is 2.46. The number of aromatic nitrogens is 1. The lowest BCUT2D eigenvalue weighted by Gasteiger charge is -1.93. The predicted molar refractivity (Wildman–Crippen MR) is 43.1 cm³/mol. The normalized spacial score (nSPS) is 9.30. The van der Waals surface area contributed by atoms with Crippen LogP contribution in [0.2, 0.25) is 5.15 Å². The first-order valence-electron chi connectivity index (χ1n) is 3.04. The fourth-order valence-corrected chi connectivity index (χ4v) is 0.806. The molecule has 0 saturated carbocycles. The second-order valence-corrected chi connectivity index (χ2v) is 2.37. The third kappa shape index (κ3) is 1.85. The van der Waals surface area contributed by atoms with Crippen LogP contribution >= 0.6 is 11.6 Å². The van der Waals surface area contributed by atoms with Crippen molar-refractivity contribution in [2.75, 3.05) is 0 Å². The molecule has 0 fully saturated rings. The predicted octanol–water partition coefficient (Wildman–Crippen LogP) is 2.46. The van der Waals surface area contributed by atoms with Gasteiger partial charge in [-0.1, -0.05) is 23.7 Å². The van der Waals surface area contributed by atoms with Crippen molar-refractivity contribution in [3.05, 3.63) is 41.7 Å². The molecule has 1 aromatic rings. The first-order valence-corrected chi connectivity index (χ1v) is 3.42. The number of hydrogen-bond donors (Lipinski definition) is 0. The van der Waals surface area contributed by atoms with Crippen LogP contribution in [-0.4, -0.2) is 4.98 Å². The molecule has 2 heteroatoms. The number of allylic oxidation sites excluding steroid dienone is 1. The third-order valence-corrected chi connectivity index (χ3v) is 1.39. The average Bonchev–Trinajstić information content (AvgIpc) is 1.95. The van der Waals surface area contributed by atoms with E-state index in [4.69, 9.17) is 11.6 Å². The van der Waals surface area contributed by atoms with E-state index in [1.165, 1.54) is 0 Å². The van der Waals surface area contributed by atoms with Gasteiger partial charge in [0.1, 0.15) is 5.15 Å². The lowest BCUT2D eigenvalue weighted by Crippen LogP contribution is -1.81. The molecule has 0 amide bonds. The van der Waals surface area contributed by atoms with Crippen molar-refractivity contribution in [3.8, 4) is 0 Å². The van der Waals surface area contributed by atoms with E-state index in [1.807, 2.05) is 12.1 Å². The maximum absolute atomic E-state index is 5.57. The van der Waals surface area contributed by atoms with Crippen LogP contribution in [0, 0.1) is 0 Å². The minimum atomic E-state index is 0.535. The molecule has 0 atom stereocenters. The highest BCUT2D eigenvalue weighted by atomic mass is 35.5. The molecule has 0 saturated heterocycles. The van der Waals surface area contributed by atoms with Crippen molar-refractivity contribution in [1.29, 1.82) is 0 Å². The maximum atomic E-state index is 5.57. The maximum Gasteiger partial charge on any atom is 0.129 e. The lowest BCUT2D eigenvalue weighted by molar-refractivity contribution is 1.19. The van der Waals surface area contributed by atoms with Crippen LogP contribution in [0.5, 0.6) is 0 Å². The molecular formula is C8H8ClN. The van der Waals surface area contributed by atoms with Gasteiger partial charge in [0.05, 0.1) is 0 Å². The van der Waals surface area contributed by atoms with Crippen molar-refractivity contribution in [2.24, 2.45) is 0 Å². The fraction of sp³-hybridized carbons (Fsp3) is 0.125. The summed E-state index contributed by atoms with van der Waals surface area (Å²) in [4.78, 5) is 3.92. The fourth-order valence-electron chi connectivity index (χ4n) is 0.694. The van der Waals surface area contributed by atoms with Gasteiger partial charge in [-0.2, -0.15) is 0 Å². The van der Waals surface area contributed by atoms with Gasteiger partial charge in [-0.05, 0) is 18.1 Å². The Bertz CT molecular complexity index is 215. The summed E-state index contributed by atoms with van der Waals surface area (Å²) >= 11 is 5.57. The van der Waals surface area contributed by atoms with Crippen LogP contribution < -0.4 is 0 Å². The molecule has 1 rings (SSSR count). The minimum Gasteiger partial charge on any atom is -0.244 e. The van der Waals surface area contributed by atoms with Crippen LogP contribution in [0.3, 0.4) is 0 Å². The SMILES string of the molecule is C=CCc1ccc(Cl)nc1. The summed E-state index contributed by atoms with van der Waals surface area (Å²) in [5.74, 6) is 0. The number of halogens is 1. The van der Waals surface area contributed by atoms with Gasteiger partial charge in [-0.3, -0.25) is 0 Å². The van der Waals surface area contributed by atoms with Gasteiger partial charge in [-0.15, -0.1) is 6.58 Å². The second kappa shape index (κ2) is 3.37. The molecule has 52 valence electrons. The Morgan fingerprint density at radius 3 is 2.90 bits per heavy atom. The van der Waals surface area contributed by atoms with Gasteiger partial charge in [-0.25, -0.2) is 4.98 Å². The smallest absolute Gasteiger partial charge is 0.129 e. The standard InChI is InChI=1S/C8H8ClN/c1-2-3-7-4-5-8(9)10-6-7/h2,4-6H,1,3H2. The number of nitrogens with zero attached hydrogens (tertiary/aromatic N) is 1. The molecule has 1 heterocycles. The van der Waals surface area contributed by atoms with Crippen molar-refractivity contribution in [1.82, 2.24) is 4.98 Å². The van der Waals surface area contributed by atoms with Crippen LogP contribution in [0.4, 0.5) is 0 Å². The highest BCUT2D eigenvalue weighted by Crippen LogP contribution is 2.05. The molecule has 0 spiro atoms. The molecule has 0 unspecified atom stereocenters. The Morgan fingerprint density at radius 2 is 2.40 bits per heavy atom. The van der Waals surface area contributed by atoms with E-state index in [9.17, 15) is 0 Å². The summed E-state index contributed by atoms with van der Waals surface area (Å²) < 4.78 is 0. The Morgan fingerprint density at radius 1 is 1.60 bits per heavy atom. The van der Waals surface area contributed by atoms with Gasteiger partial charge in [0.25, 0.3) is 0 Å². The zero-order valence-electron chi connectivity index (χ0n) is 5.55. The summed E-state index contributed by atoms with van der Waals surface area (Å²) in [6, 6.07) is 3.72. The summed E-state index contributed by atoms with van der Waals surface area (Å²) in [7, 11) is 0. The molecule has 1 nitrogen and oxygen atoms in total. The largest absolute Gasteiger partial charge is 0.244 e. The average molecular weight is 154 g/mol. The van der Waals surface area contributed by atoms with Crippen LogP contribution in [0.15, 0.2) is 31.0 Å². The molecule has 0 N–H and O–H groups in total. The van der Waals surface area contributed by atoms with E-state index in [0.29, 0.717) is 5.15 Å². The second-order valence-electron chi connectivity index (χ2n) is 1.98. The van der Waals surface area contributed by atoms with Crippen LogP contribution in [-0.2, 0) is 6.42 Å². The monoisotopic (exact) mass is 153 g/mol. The molecule has 0 aliphatic rings. The Labute approximate surface area is 65.4 Å². The van der Waals surface area contributed by atoms with E-state index in [2.05, 4.69) is 11.6 Å². The van der Waals surface area contributed by atoms with Gasteiger partial charge in [0.15, 0.2) is 0 Å². The van der Waals surface area contributed by atoms with E-state index in [0.717, 1.165) is 12.0 Å². The number of rotatable bonds is 2. The van der Waals surface area contributed by atoms with E-state index >= 15 is 0 Å². The lowest BCUT2D eigenvalue weighted by atomic mass is 10.2. The van der Waals surface area contributed by atoms with Crippen LogP contribution in [0.25, 0.3) is 0 Å². The highest BCUT2D eigenvalue weighted by molar-refractivity contribution is 6.29. The topological polar surface area (TPSA) is 12.9 Å². The molecule has 0 bridgehead atoms. The summed E-state index contributed by atoms with van der Waals surface area (Å²) in [5.41, 5.74) is 1.14. The molecule has 10 heavy (non-hydrogen) atoms. The highest BCUT2D eigenvalue weighted by Gasteiger charge is 1.88. The first-order chi connectivity index (χ1) is 4.83. The molecule has 0 aromatic carbocycles. The molecule has 0 radical (unpaired) electrons. The van der Waals surface area contributed by atoms with Crippen LogP contribution in [0.1, 0.15) is 5.56 Å². The third-order valence-electron chi connectivity index (χ3n) is 1.17. The van der Waals surface area contributed by atoms with Gasteiger partial charge < -0.3 is 0 Å². The zero-order chi connectivity index (χ0) is 7.40. The van der Waals surface area contributed by atoms with Crippen molar-refractivity contribution in [3.63, 3.8) is 0 Å². The number of hydrogen-bond acceptors (Lipinski definition) is 1. The quantitative estimate of drug-likeness (QED) is 0.470. The minimum absolute atomic E-state index is 0.535. The Balaban J connectivity index is 2.78. The van der Waals surface area contributed by atoms with Crippen molar-refractivity contribution >= 4 is 11.6 Å². The summed E-state index contributed by atoms with van der Waals surface area (Å²) in [6.45, 7) is 3.62. The van der Waals surface area contributed by atoms with Gasteiger partial charge in [0.2, 0.25) is 0 Å².